The zero-order valence-corrected chi connectivity index (χ0v) is 23.9. The number of carbonyl (C=O) groups excluding carboxylic acids is 2. The van der Waals surface area contributed by atoms with Crippen molar-refractivity contribution < 1.29 is 27.5 Å². The average Bonchev–Trinajstić information content (AvgIpc) is 2.90. The Balaban J connectivity index is 2.19. The molecule has 0 aliphatic rings. The quantitative estimate of drug-likeness (QED) is 0.341. The maximum atomic E-state index is 13.5. The van der Waals surface area contributed by atoms with Crippen molar-refractivity contribution >= 4 is 27.5 Å². The van der Waals surface area contributed by atoms with Gasteiger partial charge in [-0.1, -0.05) is 26.0 Å². The van der Waals surface area contributed by atoms with Crippen molar-refractivity contribution in [1.29, 1.82) is 0 Å². The van der Waals surface area contributed by atoms with Gasteiger partial charge in [0, 0.05) is 26.1 Å². The van der Waals surface area contributed by atoms with E-state index in [2.05, 4.69) is 5.32 Å². The highest BCUT2D eigenvalue weighted by Gasteiger charge is 2.28. The molecule has 0 fully saturated rings. The molecule has 2 aromatic rings. The molecule has 10 heteroatoms. The van der Waals surface area contributed by atoms with E-state index in [4.69, 9.17) is 9.47 Å². The topological polar surface area (TPSA) is 105 Å². The molecule has 2 aromatic carbocycles. The zero-order chi connectivity index (χ0) is 28.1. The predicted molar refractivity (Wildman–Crippen MR) is 150 cm³/mol. The zero-order valence-electron chi connectivity index (χ0n) is 23.1. The molecular formula is C28H41N3O6S. The van der Waals surface area contributed by atoms with E-state index in [1.807, 2.05) is 45.0 Å². The fraction of sp³-hybridized carbons (Fsp3) is 0.500. The van der Waals surface area contributed by atoms with E-state index in [0.29, 0.717) is 43.2 Å². The predicted octanol–water partition coefficient (Wildman–Crippen LogP) is 3.97. The highest BCUT2D eigenvalue weighted by atomic mass is 32.2. The Bertz CT molecular complexity index is 1120. The summed E-state index contributed by atoms with van der Waals surface area (Å²) in [6, 6.07) is 13.6. The fourth-order valence-corrected chi connectivity index (χ4v) is 5.06. The number of hydrogen-bond donors (Lipinski definition) is 1. The molecular weight excluding hydrogens is 506 g/mol. The van der Waals surface area contributed by atoms with Crippen LogP contribution in [0.1, 0.15) is 52.0 Å². The summed E-state index contributed by atoms with van der Waals surface area (Å²) in [4.78, 5) is 28.0. The smallest absolute Gasteiger partial charge is 0.242 e. The van der Waals surface area contributed by atoms with Crippen molar-refractivity contribution in [3.8, 4) is 11.5 Å². The Kier molecular flexibility index (Phi) is 12.4. The highest BCUT2D eigenvalue weighted by molar-refractivity contribution is 7.92. The van der Waals surface area contributed by atoms with Gasteiger partial charge in [0.15, 0.2) is 0 Å². The van der Waals surface area contributed by atoms with E-state index in [1.165, 1.54) is 4.31 Å². The Morgan fingerprint density at radius 3 is 2.13 bits per heavy atom. The normalized spacial score (nSPS) is 11.9. The molecule has 0 saturated carbocycles. The number of benzene rings is 2. The first-order valence-corrected chi connectivity index (χ1v) is 14.9. The summed E-state index contributed by atoms with van der Waals surface area (Å²) in [6.07, 6.45) is 2.79. The summed E-state index contributed by atoms with van der Waals surface area (Å²) >= 11 is 0. The van der Waals surface area contributed by atoms with E-state index in [-0.39, 0.29) is 31.3 Å². The second kappa shape index (κ2) is 15.2. The summed E-state index contributed by atoms with van der Waals surface area (Å²) in [7, 11) is -1.98. The summed E-state index contributed by atoms with van der Waals surface area (Å²) in [5, 5.41) is 2.90. The Morgan fingerprint density at radius 2 is 1.61 bits per heavy atom. The van der Waals surface area contributed by atoms with Crippen LogP contribution in [0.25, 0.3) is 0 Å². The van der Waals surface area contributed by atoms with Crippen LogP contribution in [0.4, 0.5) is 5.69 Å². The Labute approximate surface area is 227 Å². The van der Waals surface area contributed by atoms with Crippen molar-refractivity contribution in [2.24, 2.45) is 0 Å². The van der Waals surface area contributed by atoms with E-state index in [1.54, 1.807) is 36.3 Å². The van der Waals surface area contributed by atoms with E-state index >= 15 is 0 Å². The average molecular weight is 548 g/mol. The molecule has 2 amide bonds. The molecule has 1 unspecified atom stereocenters. The lowest BCUT2D eigenvalue weighted by molar-refractivity contribution is -0.141. The monoisotopic (exact) mass is 547 g/mol. The lowest BCUT2D eigenvalue weighted by Crippen LogP contribution is -2.49. The van der Waals surface area contributed by atoms with Crippen molar-refractivity contribution in [2.75, 3.05) is 37.4 Å². The number of anilines is 1. The number of amides is 2. The molecule has 1 N–H and O–H groups in total. The van der Waals surface area contributed by atoms with Gasteiger partial charge in [-0.3, -0.25) is 13.9 Å². The van der Waals surface area contributed by atoms with Crippen LogP contribution in [0.2, 0.25) is 0 Å². The number of sulfonamides is 1. The molecule has 0 bridgehead atoms. The molecule has 0 radical (unpaired) electrons. The van der Waals surface area contributed by atoms with Gasteiger partial charge in [0.05, 0.1) is 25.7 Å². The number of carbonyl (C=O) groups is 2. The second-order valence-corrected chi connectivity index (χ2v) is 10.9. The van der Waals surface area contributed by atoms with Crippen LogP contribution in [-0.4, -0.2) is 64.2 Å². The van der Waals surface area contributed by atoms with Crippen molar-refractivity contribution in [3.63, 3.8) is 0 Å². The second-order valence-electron chi connectivity index (χ2n) is 8.95. The molecule has 2 rings (SSSR count). The number of hydrogen-bond acceptors (Lipinski definition) is 6. The molecule has 38 heavy (non-hydrogen) atoms. The van der Waals surface area contributed by atoms with Crippen LogP contribution < -0.4 is 19.1 Å². The van der Waals surface area contributed by atoms with Crippen LogP contribution in [0.5, 0.6) is 11.5 Å². The van der Waals surface area contributed by atoms with Gasteiger partial charge in [-0.2, -0.15) is 0 Å². The maximum Gasteiger partial charge on any atom is 0.242 e. The third-order valence-corrected chi connectivity index (χ3v) is 7.23. The number of ether oxygens (including phenoxy) is 2. The molecule has 0 saturated heterocycles. The summed E-state index contributed by atoms with van der Waals surface area (Å²) in [5.74, 6) is 0.957. The summed E-state index contributed by atoms with van der Waals surface area (Å²) < 4.78 is 37.0. The molecule has 0 heterocycles. The van der Waals surface area contributed by atoms with Gasteiger partial charge in [-0.15, -0.1) is 0 Å². The third kappa shape index (κ3) is 9.24. The summed E-state index contributed by atoms with van der Waals surface area (Å²) in [5.41, 5.74) is 1.37. The molecule has 1 atom stereocenters. The molecule has 210 valence electrons. The van der Waals surface area contributed by atoms with Crippen LogP contribution in [-0.2, 0) is 26.2 Å². The number of nitrogens with zero attached hydrogens (tertiary/aromatic N) is 2. The Hall–Kier alpha value is -3.27. The van der Waals surface area contributed by atoms with Gasteiger partial charge < -0.3 is 19.7 Å². The van der Waals surface area contributed by atoms with E-state index < -0.39 is 16.1 Å². The van der Waals surface area contributed by atoms with E-state index in [9.17, 15) is 18.0 Å². The van der Waals surface area contributed by atoms with Crippen LogP contribution in [0, 0.1) is 0 Å². The lowest BCUT2D eigenvalue weighted by atomic mass is 10.1. The minimum Gasteiger partial charge on any atom is -0.497 e. The van der Waals surface area contributed by atoms with Gasteiger partial charge in [0.2, 0.25) is 21.8 Å². The molecule has 0 aliphatic carbocycles. The van der Waals surface area contributed by atoms with E-state index in [0.717, 1.165) is 18.2 Å². The van der Waals surface area contributed by atoms with Gasteiger partial charge in [0.25, 0.3) is 0 Å². The fourth-order valence-electron chi connectivity index (χ4n) is 4.09. The van der Waals surface area contributed by atoms with Crippen LogP contribution in [0.15, 0.2) is 48.5 Å². The Morgan fingerprint density at radius 1 is 0.974 bits per heavy atom. The molecule has 0 spiro atoms. The largest absolute Gasteiger partial charge is 0.497 e. The first-order chi connectivity index (χ1) is 18.1. The number of methoxy groups -OCH3 is 1. The highest BCUT2D eigenvalue weighted by Crippen LogP contribution is 2.23. The molecule has 9 nitrogen and oxygen atoms in total. The summed E-state index contributed by atoms with van der Waals surface area (Å²) in [6.45, 7) is 7.16. The SMILES string of the molecule is CCCNC(=O)C(CC)N(Cc1ccc(OC)cc1)C(=O)CCCN(c1ccc(OCC)cc1)S(C)(=O)=O. The number of rotatable bonds is 16. The number of nitrogens with one attached hydrogen (secondary N) is 1. The maximum absolute atomic E-state index is 13.5. The molecule has 0 aromatic heterocycles. The van der Waals surface area contributed by atoms with Crippen molar-refractivity contribution in [1.82, 2.24) is 10.2 Å². The van der Waals surface area contributed by atoms with Gasteiger partial charge in [-0.05, 0) is 68.1 Å². The van der Waals surface area contributed by atoms with Gasteiger partial charge in [-0.25, -0.2) is 8.42 Å². The third-order valence-electron chi connectivity index (χ3n) is 6.04. The van der Waals surface area contributed by atoms with Crippen LogP contribution in [0.3, 0.4) is 0 Å². The first-order valence-electron chi connectivity index (χ1n) is 13.0. The van der Waals surface area contributed by atoms with Gasteiger partial charge >= 0.3 is 0 Å². The van der Waals surface area contributed by atoms with Gasteiger partial charge in [0.1, 0.15) is 17.5 Å². The van der Waals surface area contributed by atoms with Crippen molar-refractivity contribution in [3.05, 3.63) is 54.1 Å². The van der Waals surface area contributed by atoms with Crippen LogP contribution >= 0.6 is 0 Å². The minimum atomic E-state index is -3.57. The first kappa shape index (κ1) is 31.0. The van der Waals surface area contributed by atoms with Crippen molar-refractivity contribution in [2.45, 2.75) is 59.0 Å². The minimum absolute atomic E-state index is 0.0940. The lowest BCUT2D eigenvalue weighted by Gasteiger charge is -2.31. The molecule has 0 aliphatic heterocycles. The standard InChI is InChI=1S/C28H41N3O6S/c1-6-19-29-28(33)26(7-2)30(21-22-11-15-24(36-4)16-12-22)27(32)10-9-20-31(38(5,34)35)23-13-17-25(18-14-23)37-8-3/h11-18,26H,6-10,19-21H2,1-5H3,(H,29,33).